The van der Waals surface area contributed by atoms with Gasteiger partial charge in [-0.15, -0.1) is 0 Å². The van der Waals surface area contributed by atoms with E-state index in [1.54, 1.807) is 41.0 Å². The Bertz CT molecular complexity index is 823. The number of nitrogens with zero attached hydrogens (tertiary/aromatic N) is 2. The highest BCUT2D eigenvalue weighted by atomic mass is 16.5. The van der Waals surface area contributed by atoms with Crippen LogP contribution in [0.5, 0.6) is 5.75 Å². The second-order valence-corrected chi connectivity index (χ2v) is 6.22. The molecule has 1 atom stereocenters. The van der Waals surface area contributed by atoms with Crippen molar-refractivity contribution in [2.45, 2.75) is 18.9 Å². The molecule has 1 aromatic heterocycles. The Kier molecular flexibility index (Phi) is 6.17. The number of pyridine rings is 1. The lowest BCUT2D eigenvalue weighted by atomic mass is 10.1. The first-order valence-corrected chi connectivity index (χ1v) is 8.74. The molecule has 1 aliphatic rings. The first-order chi connectivity index (χ1) is 13.2. The van der Waals surface area contributed by atoms with Crippen molar-refractivity contribution in [3.8, 4) is 5.75 Å². The van der Waals surface area contributed by atoms with Crippen LogP contribution in [0, 0.1) is 0 Å². The number of likely N-dealkylation sites (tertiary alicyclic amines) is 1. The Morgan fingerprint density at radius 2 is 2.11 bits per heavy atom. The van der Waals surface area contributed by atoms with Crippen LogP contribution in [0.25, 0.3) is 6.08 Å². The number of benzene rings is 1. The number of amides is 2. The van der Waals surface area contributed by atoms with Crippen molar-refractivity contribution in [3.05, 3.63) is 66.0 Å². The summed E-state index contributed by atoms with van der Waals surface area (Å²) in [6.45, 7) is 1.18. The molecule has 0 spiro atoms. The van der Waals surface area contributed by atoms with Crippen LogP contribution < -0.4 is 10.2 Å². The average Bonchev–Trinajstić information content (AvgIpc) is 2.73. The Morgan fingerprint density at radius 1 is 1.26 bits per heavy atom. The summed E-state index contributed by atoms with van der Waals surface area (Å²) in [6, 6.07) is 10.8. The van der Waals surface area contributed by atoms with Gasteiger partial charge in [0.25, 0.3) is 11.8 Å². The van der Waals surface area contributed by atoms with E-state index in [0.717, 1.165) is 18.4 Å². The third-order valence-electron chi connectivity index (χ3n) is 4.31. The smallest absolute Gasteiger partial charge is 0.267 e. The van der Waals surface area contributed by atoms with Crippen LogP contribution in [0.1, 0.15) is 28.8 Å². The van der Waals surface area contributed by atoms with Gasteiger partial charge in [0.15, 0.2) is 0 Å². The minimum atomic E-state index is -0.615. The average molecular weight is 367 g/mol. The molecule has 1 aliphatic heterocycles. The standard InChI is InChI=1S/C20H21N3O4/c24-19(22-26)10-9-15-5-1-2-8-18(15)27-17-7-4-12-23(14-17)20(25)16-6-3-11-21-13-16/h1-3,5-6,8-11,13,17,26H,4,7,12,14H2,(H,22,24)/b10-9+. The van der Waals surface area contributed by atoms with E-state index < -0.39 is 5.91 Å². The van der Waals surface area contributed by atoms with Crippen LogP contribution in [-0.4, -0.2) is 46.1 Å². The quantitative estimate of drug-likeness (QED) is 0.481. The van der Waals surface area contributed by atoms with Gasteiger partial charge >= 0.3 is 0 Å². The maximum absolute atomic E-state index is 12.6. The fraction of sp³-hybridized carbons (Fsp3) is 0.250. The number of para-hydroxylation sites is 1. The summed E-state index contributed by atoms with van der Waals surface area (Å²) in [6.07, 6.45) is 7.55. The molecule has 0 saturated carbocycles. The molecule has 1 saturated heterocycles. The lowest BCUT2D eigenvalue weighted by molar-refractivity contribution is -0.124. The number of piperidine rings is 1. The predicted molar refractivity (Wildman–Crippen MR) is 99.2 cm³/mol. The zero-order valence-corrected chi connectivity index (χ0v) is 14.7. The number of hydroxylamine groups is 1. The van der Waals surface area contributed by atoms with E-state index in [1.165, 1.54) is 6.08 Å². The largest absolute Gasteiger partial charge is 0.488 e. The maximum atomic E-state index is 12.6. The Hall–Kier alpha value is -3.19. The highest BCUT2D eigenvalue weighted by Crippen LogP contribution is 2.24. The monoisotopic (exact) mass is 367 g/mol. The number of carbonyl (C=O) groups is 2. The summed E-state index contributed by atoms with van der Waals surface area (Å²) >= 11 is 0. The third-order valence-corrected chi connectivity index (χ3v) is 4.31. The van der Waals surface area contributed by atoms with Crippen molar-refractivity contribution < 1.29 is 19.5 Å². The molecule has 1 unspecified atom stereocenters. The van der Waals surface area contributed by atoms with E-state index in [-0.39, 0.29) is 12.0 Å². The number of hydrogen-bond acceptors (Lipinski definition) is 5. The van der Waals surface area contributed by atoms with E-state index in [4.69, 9.17) is 9.94 Å². The zero-order chi connectivity index (χ0) is 19.1. The van der Waals surface area contributed by atoms with Crippen LogP contribution in [0.15, 0.2) is 54.9 Å². The van der Waals surface area contributed by atoms with Crippen molar-refractivity contribution in [1.29, 1.82) is 0 Å². The van der Waals surface area contributed by atoms with Crippen LogP contribution in [0.3, 0.4) is 0 Å². The first kappa shape index (κ1) is 18.6. The highest BCUT2D eigenvalue weighted by Gasteiger charge is 2.26. The maximum Gasteiger partial charge on any atom is 0.267 e. The van der Waals surface area contributed by atoms with Gasteiger partial charge < -0.3 is 9.64 Å². The van der Waals surface area contributed by atoms with Crippen LogP contribution in [0.4, 0.5) is 0 Å². The predicted octanol–water partition coefficient (Wildman–Crippen LogP) is 2.28. The van der Waals surface area contributed by atoms with Gasteiger partial charge in [-0.3, -0.25) is 19.8 Å². The van der Waals surface area contributed by atoms with E-state index in [9.17, 15) is 9.59 Å². The van der Waals surface area contributed by atoms with Gasteiger partial charge in [0.2, 0.25) is 0 Å². The summed E-state index contributed by atoms with van der Waals surface area (Å²) in [5.74, 6) is -0.0416. The number of rotatable bonds is 5. The molecular formula is C20H21N3O4. The molecule has 140 valence electrons. The van der Waals surface area contributed by atoms with Crippen molar-refractivity contribution in [1.82, 2.24) is 15.4 Å². The molecule has 0 bridgehead atoms. The highest BCUT2D eigenvalue weighted by molar-refractivity contribution is 5.94. The van der Waals surface area contributed by atoms with Crippen LogP contribution in [0.2, 0.25) is 0 Å². The van der Waals surface area contributed by atoms with Crippen molar-refractivity contribution in [2.75, 3.05) is 13.1 Å². The molecule has 2 amide bonds. The van der Waals surface area contributed by atoms with Crippen molar-refractivity contribution in [2.24, 2.45) is 0 Å². The van der Waals surface area contributed by atoms with Crippen LogP contribution in [-0.2, 0) is 4.79 Å². The molecule has 1 aromatic carbocycles. The summed E-state index contributed by atoms with van der Waals surface area (Å²) < 4.78 is 6.11. The molecule has 7 heteroatoms. The minimum Gasteiger partial charge on any atom is -0.488 e. The fourth-order valence-corrected chi connectivity index (χ4v) is 3.00. The second kappa shape index (κ2) is 8.95. The fourth-order valence-electron chi connectivity index (χ4n) is 3.00. The van der Waals surface area contributed by atoms with Crippen molar-refractivity contribution >= 4 is 17.9 Å². The molecule has 1 fully saturated rings. The Balaban J connectivity index is 1.69. The molecule has 2 aromatic rings. The van der Waals surface area contributed by atoms with Gasteiger partial charge in [-0.05, 0) is 37.1 Å². The van der Waals surface area contributed by atoms with Gasteiger partial charge in [0.05, 0.1) is 12.1 Å². The summed E-state index contributed by atoms with van der Waals surface area (Å²) in [4.78, 5) is 29.6. The van der Waals surface area contributed by atoms with E-state index >= 15 is 0 Å². The lowest BCUT2D eigenvalue weighted by Gasteiger charge is -2.33. The van der Waals surface area contributed by atoms with Gasteiger partial charge in [-0.2, -0.15) is 0 Å². The summed E-state index contributed by atoms with van der Waals surface area (Å²) in [5, 5.41) is 8.59. The molecule has 2 heterocycles. The number of aromatic nitrogens is 1. The van der Waals surface area contributed by atoms with Gasteiger partial charge in [0, 0.05) is 30.6 Å². The van der Waals surface area contributed by atoms with Crippen LogP contribution >= 0.6 is 0 Å². The molecular weight excluding hydrogens is 346 g/mol. The van der Waals surface area contributed by atoms with Gasteiger partial charge in [0.1, 0.15) is 11.9 Å². The summed E-state index contributed by atoms with van der Waals surface area (Å²) in [7, 11) is 0. The Labute approximate surface area is 157 Å². The van der Waals surface area contributed by atoms with E-state index in [0.29, 0.717) is 24.4 Å². The Morgan fingerprint density at radius 3 is 2.89 bits per heavy atom. The topological polar surface area (TPSA) is 91.8 Å². The second-order valence-electron chi connectivity index (χ2n) is 6.22. The molecule has 27 heavy (non-hydrogen) atoms. The SMILES string of the molecule is O=C(/C=C/c1ccccc1OC1CCCN(C(=O)c2cccnc2)C1)NO. The molecule has 3 rings (SSSR count). The first-order valence-electron chi connectivity index (χ1n) is 8.74. The zero-order valence-electron chi connectivity index (χ0n) is 14.7. The third kappa shape index (κ3) is 4.92. The van der Waals surface area contributed by atoms with E-state index in [1.807, 2.05) is 24.3 Å². The number of nitrogens with one attached hydrogen (secondary N) is 1. The normalized spacial score (nSPS) is 16.9. The molecule has 0 aliphatic carbocycles. The molecule has 0 radical (unpaired) electrons. The lowest BCUT2D eigenvalue weighted by Crippen LogP contribution is -2.44. The molecule has 7 nitrogen and oxygen atoms in total. The number of carbonyl (C=O) groups excluding carboxylic acids is 2. The molecule has 2 N–H and O–H groups in total. The number of ether oxygens (including phenoxy) is 1. The minimum absolute atomic E-state index is 0.0517. The number of hydrogen-bond donors (Lipinski definition) is 2. The van der Waals surface area contributed by atoms with Gasteiger partial charge in [-0.25, -0.2) is 5.48 Å². The van der Waals surface area contributed by atoms with Gasteiger partial charge in [-0.1, -0.05) is 18.2 Å². The summed E-state index contributed by atoms with van der Waals surface area (Å²) in [5.41, 5.74) is 2.84. The van der Waals surface area contributed by atoms with Crippen molar-refractivity contribution in [3.63, 3.8) is 0 Å². The van der Waals surface area contributed by atoms with E-state index in [2.05, 4.69) is 4.98 Å².